The van der Waals surface area contributed by atoms with E-state index in [4.69, 9.17) is 0 Å². The fraction of sp³-hybridized carbons (Fsp3) is 0.312. The first-order valence-corrected chi connectivity index (χ1v) is 8.51. The monoisotopic (exact) mass is 412 g/mol. The van der Waals surface area contributed by atoms with Crippen molar-refractivity contribution in [1.29, 1.82) is 0 Å². The van der Waals surface area contributed by atoms with Gasteiger partial charge in [0, 0.05) is 33.5 Å². The van der Waals surface area contributed by atoms with E-state index in [0.29, 0.717) is 11.8 Å². The summed E-state index contributed by atoms with van der Waals surface area (Å²) < 4.78 is 15.1. The van der Waals surface area contributed by atoms with Crippen molar-refractivity contribution in [3.8, 4) is 0 Å². The van der Waals surface area contributed by atoms with Crippen LogP contribution in [0.15, 0.2) is 45.5 Å². The second-order valence-electron chi connectivity index (χ2n) is 5.28. The van der Waals surface area contributed by atoms with Crippen molar-refractivity contribution in [3.05, 3.63) is 62.5 Å². The van der Waals surface area contributed by atoms with Gasteiger partial charge < -0.3 is 5.32 Å². The zero-order valence-electron chi connectivity index (χ0n) is 11.3. The third-order valence-electron chi connectivity index (χ3n) is 3.97. The molecular formula is C16H15Br2FN2. The molecule has 0 radical (unpaired) electrons. The lowest BCUT2D eigenvalue weighted by Gasteiger charge is -2.32. The average molecular weight is 414 g/mol. The van der Waals surface area contributed by atoms with Gasteiger partial charge in [-0.15, -0.1) is 0 Å². The summed E-state index contributed by atoms with van der Waals surface area (Å²) in [7, 11) is 0. The molecule has 2 heterocycles. The Morgan fingerprint density at radius 1 is 1.14 bits per heavy atom. The number of aromatic nitrogens is 1. The molecule has 0 aliphatic carbocycles. The minimum atomic E-state index is -0.193. The summed E-state index contributed by atoms with van der Waals surface area (Å²) in [5, 5.41) is 3.43. The topological polar surface area (TPSA) is 24.9 Å². The lowest BCUT2D eigenvalue weighted by molar-refractivity contribution is 0.396. The summed E-state index contributed by atoms with van der Waals surface area (Å²) in [5.74, 6) is 0.450. The second kappa shape index (κ2) is 6.55. The standard InChI is InChI=1S/C16H15Br2FN2/c17-11-7-15(18)16(21-8-11)13-5-6-20-9-14(13)10-1-3-12(19)4-2-10/h1-4,7-8,13-14,20H,5-6,9H2. The summed E-state index contributed by atoms with van der Waals surface area (Å²) in [6.07, 6.45) is 2.86. The smallest absolute Gasteiger partial charge is 0.123 e. The van der Waals surface area contributed by atoms with E-state index >= 15 is 0 Å². The van der Waals surface area contributed by atoms with E-state index in [0.717, 1.165) is 39.7 Å². The number of halogens is 3. The summed E-state index contributed by atoms with van der Waals surface area (Å²) in [5.41, 5.74) is 2.24. The third kappa shape index (κ3) is 3.35. The Hall–Kier alpha value is -0.780. The Labute approximate surface area is 140 Å². The molecule has 2 unspecified atom stereocenters. The number of nitrogens with one attached hydrogen (secondary N) is 1. The van der Waals surface area contributed by atoms with Crippen molar-refractivity contribution < 1.29 is 4.39 Å². The lowest BCUT2D eigenvalue weighted by atomic mass is 9.79. The predicted octanol–water partition coefficient (Wildman–Crippen LogP) is 4.61. The molecule has 1 aliphatic rings. The molecule has 2 atom stereocenters. The van der Waals surface area contributed by atoms with Crippen molar-refractivity contribution in [3.63, 3.8) is 0 Å². The fourth-order valence-electron chi connectivity index (χ4n) is 2.94. The predicted molar refractivity (Wildman–Crippen MR) is 89.0 cm³/mol. The molecule has 2 aromatic rings. The quantitative estimate of drug-likeness (QED) is 0.777. The first-order valence-electron chi connectivity index (χ1n) is 6.92. The largest absolute Gasteiger partial charge is 0.316 e. The third-order valence-corrected chi connectivity index (χ3v) is 5.04. The second-order valence-corrected chi connectivity index (χ2v) is 7.05. The van der Waals surface area contributed by atoms with Crippen LogP contribution in [0.25, 0.3) is 0 Å². The van der Waals surface area contributed by atoms with E-state index in [-0.39, 0.29) is 5.82 Å². The van der Waals surface area contributed by atoms with Gasteiger partial charge in [0.25, 0.3) is 0 Å². The van der Waals surface area contributed by atoms with E-state index in [1.54, 1.807) is 0 Å². The van der Waals surface area contributed by atoms with Gasteiger partial charge in [0.1, 0.15) is 5.82 Å². The highest BCUT2D eigenvalue weighted by atomic mass is 79.9. The SMILES string of the molecule is Fc1ccc(C2CNCCC2c2ncc(Br)cc2Br)cc1. The van der Waals surface area contributed by atoms with Gasteiger partial charge in [-0.3, -0.25) is 4.98 Å². The summed E-state index contributed by atoms with van der Waals surface area (Å²) in [6.45, 7) is 1.87. The van der Waals surface area contributed by atoms with Crippen molar-refractivity contribution in [1.82, 2.24) is 10.3 Å². The zero-order valence-corrected chi connectivity index (χ0v) is 14.5. The number of hydrogen-bond donors (Lipinski definition) is 1. The van der Waals surface area contributed by atoms with Gasteiger partial charge in [0.2, 0.25) is 0 Å². The van der Waals surface area contributed by atoms with Gasteiger partial charge in [-0.05, 0) is 68.6 Å². The molecule has 1 N–H and O–H groups in total. The first-order chi connectivity index (χ1) is 10.1. The normalized spacial score (nSPS) is 22.2. The van der Waals surface area contributed by atoms with E-state index in [1.165, 1.54) is 12.1 Å². The Morgan fingerprint density at radius 2 is 1.90 bits per heavy atom. The Morgan fingerprint density at radius 3 is 2.62 bits per heavy atom. The zero-order chi connectivity index (χ0) is 14.8. The maximum atomic E-state index is 13.1. The Balaban J connectivity index is 1.96. The molecule has 1 aromatic heterocycles. The van der Waals surface area contributed by atoms with Gasteiger partial charge in [-0.25, -0.2) is 4.39 Å². The van der Waals surface area contributed by atoms with Gasteiger partial charge in [0.05, 0.1) is 5.69 Å². The Bertz CT molecular complexity index is 631. The van der Waals surface area contributed by atoms with Crippen LogP contribution < -0.4 is 5.32 Å². The number of benzene rings is 1. The summed E-state index contributed by atoms with van der Waals surface area (Å²) >= 11 is 7.06. The maximum Gasteiger partial charge on any atom is 0.123 e. The minimum Gasteiger partial charge on any atom is -0.316 e. The molecule has 0 saturated carbocycles. The van der Waals surface area contributed by atoms with Gasteiger partial charge in [-0.2, -0.15) is 0 Å². The van der Waals surface area contributed by atoms with E-state index in [2.05, 4.69) is 42.2 Å². The number of rotatable bonds is 2. The van der Waals surface area contributed by atoms with Crippen LogP contribution in [0.1, 0.15) is 29.5 Å². The van der Waals surface area contributed by atoms with E-state index in [1.807, 2.05) is 24.4 Å². The molecule has 1 fully saturated rings. The van der Waals surface area contributed by atoms with Crippen LogP contribution in [0.3, 0.4) is 0 Å². The molecular weight excluding hydrogens is 399 g/mol. The van der Waals surface area contributed by atoms with Gasteiger partial charge in [-0.1, -0.05) is 12.1 Å². The highest BCUT2D eigenvalue weighted by molar-refractivity contribution is 9.11. The number of piperidine rings is 1. The van der Waals surface area contributed by atoms with E-state index < -0.39 is 0 Å². The molecule has 110 valence electrons. The molecule has 5 heteroatoms. The first kappa shape index (κ1) is 15.1. The van der Waals surface area contributed by atoms with Crippen LogP contribution in [-0.4, -0.2) is 18.1 Å². The van der Waals surface area contributed by atoms with Gasteiger partial charge in [0.15, 0.2) is 0 Å². The summed E-state index contributed by atoms with van der Waals surface area (Å²) in [6, 6.07) is 8.86. The number of hydrogen-bond acceptors (Lipinski definition) is 2. The van der Waals surface area contributed by atoms with Crippen molar-refractivity contribution in [2.45, 2.75) is 18.3 Å². The molecule has 1 saturated heterocycles. The molecule has 2 nitrogen and oxygen atoms in total. The average Bonchev–Trinajstić information content (AvgIpc) is 2.48. The molecule has 3 rings (SSSR count). The van der Waals surface area contributed by atoms with Crippen LogP contribution in [0.2, 0.25) is 0 Å². The summed E-state index contributed by atoms with van der Waals surface area (Å²) in [4.78, 5) is 4.60. The molecule has 1 aliphatic heterocycles. The van der Waals surface area contributed by atoms with Crippen LogP contribution in [0, 0.1) is 5.82 Å². The highest BCUT2D eigenvalue weighted by Gasteiger charge is 2.30. The number of nitrogens with zero attached hydrogens (tertiary/aromatic N) is 1. The molecule has 0 bridgehead atoms. The van der Waals surface area contributed by atoms with E-state index in [9.17, 15) is 4.39 Å². The minimum absolute atomic E-state index is 0.193. The maximum absolute atomic E-state index is 13.1. The Kier molecular flexibility index (Phi) is 4.72. The van der Waals surface area contributed by atoms with Crippen molar-refractivity contribution in [2.75, 3.05) is 13.1 Å². The lowest BCUT2D eigenvalue weighted by Crippen LogP contribution is -2.34. The highest BCUT2D eigenvalue weighted by Crippen LogP contribution is 2.39. The van der Waals surface area contributed by atoms with Crippen molar-refractivity contribution >= 4 is 31.9 Å². The fourth-order valence-corrected chi connectivity index (χ4v) is 4.23. The number of pyridine rings is 1. The molecule has 21 heavy (non-hydrogen) atoms. The van der Waals surface area contributed by atoms with Crippen LogP contribution in [0.5, 0.6) is 0 Å². The molecule has 1 aromatic carbocycles. The molecule has 0 spiro atoms. The van der Waals surface area contributed by atoms with Gasteiger partial charge >= 0.3 is 0 Å². The van der Waals surface area contributed by atoms with Crippen LogP contribution >= 0.6 is 31.9 Å². The van der Waals surface area contributed by atoms with Crippen LogP contribution in [-0.2, 0) is 0 Å². The van der Waals surface area contributed by atoms with Crippen molar-refractivity contribution in [2.24, 2.45) is 0 Å². The van der Waals surface area contributed by atoms with Crippen LogP contribution in [0.4, 0.5) is 4.39 Å². The molecule has 0 amide bonds.